The van der Waals surface area contributed by atoms with Crippen molar-refractivity contribution in [3.8, 4) is 5.75 Å². The molecule has 2 aromatic carbocycles. The van der Waals surface area contributed by atoms with Crippen LogP contribution in [0.3, 0.4) is 0 Å². The van der Waals surface area contributed by atoms with Crippen molar-refractivity contribution in [1.29, 1.82) is 0 Å². The van der Waals surface area contributed by atoms with E-state index in [1.54, 1.807) is 29.4 Å². The van der Waals surface area contributed by atoms with Crippen molar-refractivity contribution in [3.05, 3.63) is 83.7 Å². The van der Waals surface area contributed by atoms with Gasteiger partial charge in [-0.15, -0.1) is 0 Å². The van der Waals surface area contributed by atoms with Gasteiger partial charge >= 0.3 is 0 Å². The molecule has 6 nitrogen and oxygen atoms in total. The zero-order chi connectivity index (χ0) is 20.2. The van der Waals surface area contributed by atoms with E-state index in [4.69, 9.17) is 4.74 Å². The second-order valence-electron chi connectivity index (χ2n) is 6.94. The fourth-order valence-electron chi connectivity index (χ4n) is 3.29. The van der Waals surface area contributed by atoms with E-state index in [0.717, 1.165) is 23.2 Å². The molecule has 29 heavy (non-hydrogen) atoms. The van der Waals surface area contributed by atoms with Crippen LogP contribution in [0.5, 0.6) is 5.75 Å². The van der Waals surface area contributed by atoms with Crippen molar-refractivity contribution in [2.75, 3.05) is 23.4 Å². The van der Waals surface area contributed by atoms with E-state index in [0.29, 0.717) is 23.5 Å². The Morgan fingerprint density at radius 3 is 2.72 bits per heavy atom. The second kappa shape index (κ2) is 8.14. The first-order valence-electron chi connectivity index (χ1n) is 9.44. The highest BCUT2D eigenvalue weighted by molar-refractivity contribution is 6.07. The number of carbonyl (C=O) groups is 2. The molecule has 0 saturated carbocycles. The highest BCUT2D eigenvalue weighted by atomic mass is 16.5. The number of hydrogen-bond donors (Lipinski definition) is 1. The molecular weight excluding hydrogens is 366 g/mol. The van der Waals surface area contributed by atoms with Gasteiger partial charge in [-0.1, -0.05) is 23.8 Å². The van der Waals surface area contributed by atoms with Gasteiger partial charge in [0.1, 0.15) is 5.75 Å². The molecule has 0 fully saturated rings. The van der Waals surface area contributed by atoms with Gasteiger partial charge in [0.2, 0.25) is 0 Å². The molecule has 146 valence electrons. The molecule has 1 aliphatic heterocycles. The summed E-state index contributed by atoms with van der Waals surface area (Å²) in [4.78, 5) is 30.8. The van der Waals surface area contributed by atoms with E-state index in [9.17, 15) is 9.59 Å². The number of nitrogens with zero attached hydrogens (tertiary/aromatic N) is 2. The predicted molar refractivity (Wildman–Crippen MR) is 111 cm³/mol. The molecule has 0 radical (unpaired) electrons. The molecule has 4 rings (SSSR count). The third-order valence-electron chi connectivity index (χ3n) is 4.81. The molecule has 0 atom stereocenters. The van der Waals surface area contributed by atoms with Gasteiger partial charge in [0.05, 0.1) is 5.56 Å². The first-order chi connectivity index (χ1) is 14.1. The molecule has 6 heteroatoms. The number of anilines is 2. The quantitative estimate of drug-likeness (QED) is 0.726. The summed E-state index contributed by atoms with van der Waals surface area (Å²) in [6, 6.07) is 16.7. The molecule has 3 aromatic rings. The van der Waals surface area contributed by atoms with Crippen molar-refractivity contribution < 1.29 is 14.3 Å². The zero-order valence-corrected chi connectivity index (χ0v) is 16.1. The molecule has 0 unspecified atom stereocenters. The van der Waals surface area contributed by atoms with Crippen molar-refractivity contribution in [3.63, 3.8) is 0 Å². The fourth-order valence-corrected chi connectivity index (χ4v) is 3.29. The molecule has 1 aromatic heterocycles. The molecule has 2 heterocycles. The molecule has 0 aliphatic carbocycles. The standard InChI is InChI=1S/C23H21N3O3/c1-16-4-8-20(9-5-16)29-15-22(27)25-19-7-6-17-10-12-26(21(17)13-19)23(28)18-3-2-11-24-14-18/h2-9,11,13-14H,10,12,15H2,1H3,(H,25,27). The summed E-state index contributed by atoms with van der Waals surface area (Å²) < 4.78 is 5.52. The number of rotatable bonds is 5. The van der Waals surface area contributed by atoms with Crippen molar-refractivity contribution in [2.45, 2.75) is 13.3 Å². The minimum atomic E-state index is -0.256. The summed E-state index contributed by atoms with van der Waals surface area (Å²) in [6.07, 6.45) is 3.99. The normalized spacial score (nSPS) is 12.4. The van der Waals surface area contributed by atoms with E-state index in [1.807, 2.05) is 49.4 Å². The van der Waals surface area contributed by atoms with Crippen LogP contribution in [0.1, 0.15) is 21.5 Å². The number of hydrogen-bond acceptors (Lipinski definition) is 4. The summed E-state index contributed by atoms with van der Waals surface area (Å²) in [6.45, 7) is 2.52. The summed E-state index contributed by atoms with van der Waals surface area (Å²) in [5, 5.41) is 2.84. The Morgan fingerprint density at radius 1 is 1.14 bits per heavy atom. The summed E-state index contributed by atoms with van der Waals surface area (Å²) >= 11 is 0. The fraction of sp³-hybridized carbons (Fsp3) is 0.174. The Bertz CT molecular complexity index is 1030. The molecule has 1 aliphatic rings. The minimum absolute atomic E-state index is 0.0848. The first kappa shape index (κ1) is 18.7. The zero-order valence-electron chi connectivity index (χ0n) is 16.1. The van der Waals surface area contributed by atoms with Gasteiger partial charge < -0.3 is 15.0 Å². The Morgan fingerprint density at radius 2 is 1.97 bits per heavy atom. The van der Waals surface area contributed by atoms with Crippen LogP contribution < -0.4 is 15.0 Å². The van der Waals surface area contributed by atoms with Gasteiger partial charge in [-0.25, -0.2) is 0 Å². The van der Waals surface area contributed by atoms with Crippen molar-refractivity contribution >= 4 is 23.2 Å². The van der Waals surface area contributed by atoms with E-state index < -0.39 is 0 Å². The van der Waals surface area contributed by atoms with E-state index >= 15 is 0 Å². The maximum Gasteiger partial charge on any atom is 0.262 e. The number of amides is 2. The number of fused-ring (bicyclic) bond motifs is 1. The van der Waals surface area contributed by atoms with Crippen LogP contribution in [0.15, 0.2) is 67.0 Å². The summed E-state index contributed by atoms with van der Waals surface area (Å²) in [5.74, 6) is 0.296. The average Bonchev–Trinajstić information content (AvgIpc) is 3.16. The number of aryl methyl sites for hydroxylation is 1. The Labute approximate surface area is 169 Å². The van der Waals surface area contributed by atoms with Gasteiger partial charge in [0, 0.05) is 30.3 Å². The van der Waals surface area contributed by atoms with E-state index in [1.165, 1.54) is 0 Å². The van der Waals surface area contributed by atoms with Gasteiger partial charge in [0.25, 0.3) is 11.8 Å². The third kappa shape index (κ3) is 4.27. The highest BCUT2D eigenvalue weighted by Gasteiger charge is 2.26. The van der Waals surface area contributed by atoms with Crippen LogP contribution in [0.4, 0.5) is 11.4 Å². The molecule has 1 N–H and O–H groups in total. The Balaban J connectivity index is 1.43. The largest absolute Gasteiger partial charge is 0.484 e. The lowest BCUT2D eigenvalue weighted by Crippen LogP contribution is -2.29. The summed E-state index contributed by atoms with van der Waals surface area (Å²) in [5.41, 5.74) is 4.20. The summed E-state index contributed by atoms with van der Waals surface area (Å²) in [7, 11) is 0. The minimum Gasteiger partial charge on any atom is -0.484 e. The maximum absolute atomic E-state index is 12.8. The van der Waals surface area contributed by atoms with Gasteiger partial charge in [-0.3, -0.25) is 14.6 Å². The van der Waals surface area contributed by atoms with Crippen LogP contribution in [-0.2, 0) is 11.2 Å². The number of carbonyl (C=O) groups excluding carboxylic acids is 2. The smallest absolute Gasteiger partial charge is 0.262 e. The van der Waals surface area contributed by atoms with E-state index in [-0.39, 0.29) is 18.4 Å². The second-order valence-corrected chi connectivity index (χ2v) is 6.94. The number of nitrogens with one attached hydrogen (secondary N) is 1. The maximum atomic E-state index is 12.8. The Hall–Kier alpha value is -3.67. The molecule has 2 amide bonds. The lowest BCUT2D eigenvalue weighted by Gasteiger charge is -2.18. The van der Waals surface area contributed by atoms with Crippen LogP contribution in [0.2, 0.25) is 0 Å². The van der Waals surface area contributed by atoms with Crippen LogP contribution >= 0.6 is 0 Å². The lowest BCUT2D eigenvalue weighted by atomic mass is 10.1. The molecule has 0 saturated heterocycles. The SMILES string of the molecule is Cc1ccc(OCC(=O)Nc2ccc3c(c2)N(C(=O)c2cccnc2)CC3)cc1. The van der Waals surface area contributed by atoms with E-state index in [2.05, 4.69) is 10.3 Å². The van der Waals surface area contributed by atoms with Gasteiger partial charge in [0.15, 0.2) is 6.61 Å². The number of benzene rings is 2. The molecular formula is C23H21N3O3. The Kier molecular flexibility index (Phi) is 5.24. The topological polar surface area (TPSA) is 71.5 Å². The third-order valence-corrected chi connectivity index (χ3v) is 4.81. The predicted octanol–water partition coefficient (Wildman–Crippen LogP) is 3.61. The lowest BCUT2D eigenvalue weighted by molar-refractivity contribution is -0.118. The van der Waals surface area contributed by atoms with Crippen LogP contribution in [0.25, 0.3) is 0 Å². The van der Waals surface area contributed by atoms with Crippen molar-refractivity contribution in [1.82, 2.24) is 4.98 Å². The van der Waals surface area contributed by atoms with Crippen LogP contribution in [-0.4, -0.2) is 29.9 Å². The first-order valence-corrected chi connectivity index (χ1v) is 9.44. The molecule has 0 bridgehead atoms. The number of pyridine rings is 1. The van der Waals surface area contributed by atoms with Gasteiger partial charge in [-0.05, 0) is 55.3 Å². The van der Waals surface area contributed by atoms with Crippen LogP contribution in [0, 0.1) is 6.92 Å². The molecule has 0 spiro atoms. The highest BCUT2D eigenvalue weighted by Crippen LogP contribution is 2.32. The average molecular weight is 387 g/mol. The number of ether oxygens (including phenoxy) is 1. The monoisotopic (exact) mass is 387 g/mol. The van der Waals surface area contributed by atoms with Crippen molar-refractivity contribution in [2.24, 2.45) is 0 Å². The van der Waals surface area contributed by atoms with Gasteiger partial charge in [-0.2, -0.15) is 0 Å². The number of aromatic nitrogens is 1.